The number of aromatic nitrogens is 4. The molecule has 2 aliphatic heterocycles. The highest BCUT2D eigenvalue weighted by atomic mass is 35.5. The molecule has 0 aliphatic carbocycles. The van der Waals surface area contributed by atoms with Crippen LogP contribution in [-0.4, -0.2) is 200 Å². The maximum absolute atomic E-state index is 17.0. The molecule has 7 aromatic rings. The van der Waals surface area contributed by atoms with Gasteiger partial charge < -0.3 is 73.4 Å². The van der Waals surface area contributed by atoms with Crippen LogP contribution in [0.25, 0.3) is 43.2 Å². The van der Waals surface area contributed by atoms with Gasteiger partial charge in [-0.25, -0.2) is 14.4 Å². The minimum Gasteiger partial charge on any atom is -0.508 e. The molecule has 4 atom stereocenters. The van der Waals surface area contributed by atoms with Crippen LogP contribution in [0.2, 0.25) is 5.02 Å². The van der Waals surface area contributed by atoms with Crippen LogP contribution in [0.4, 0.5) is 16.2 Å². The Labute approximate surface area is 530 Å². The predicted molar refractivity (Wildman–Crippen MR) is 339 cm³/mol. The minimum atomic E-state index is -0.911. The number of hydrogen-bond donors (Lipinski definition) is 4. The van der Waals surface area contributed by atoms with E-state index in [0.29, 0.717) is 106 Å². The Morgan fingerprint density at radius 3 is 2.27 bits per heavy atom. The van der Waals surface area contributed by atoms with Crippen molar-refractivity contribution in [3.05, 3.63) is 100 Å². The number of aromatic hydroxyl groups is 1. The van der Waals surface area contributed by atoms with E-state index < -0.39 is 35.8 Å². The van der Waals surface area contributed by atoms with Crippen LogP contribution >= 0.6 is 22.9 Å². The van der Waals surface area contributed by atoms with Gasteiger partial charge in [0.2, 0.25) is 29.6 Å². The summed E-state index contributed by atoms with van der Waals surface area (Å²) in [6, 6.07) is 18.0. The Hall–Kier alpha value is -7.78. The number of carbonyl (C=O) groups is 4. The quantitative estimate of drug-likeness (QED) is 0.0310. The maximum atomic E-state index is 17.0. The number of anilines is 2. The molecule has 4 amide bonds. The van der Waals surface area contributed by atoms with Gasteiger partial charge in [-0.15, -0.1) is 11.3 Å². The van der Waals surface area contributed by atoms with Crippen molar-refractivity contribution in [2.45, 2.75) is 71.6 Å². The first-order valence-corrected chi connectivity index (χ1v) is 31.3. The van der Waals surface area contributed by atoms with Crippen LogP contribution in [0.3, 0.4) is 0 Å². The number of thiazole rings is 1. The second-order valence-electron chi connectivity index (χ2n) is 22.5. The highest BCUT2D eigenvalue weighted by Gasteiger charge is 2.44. The lowest BCUT2D eigenvalue weighted by Gasteiger charge is -2.35. The summed E-state index contributed by atoms with van der Waals surface area (Å²) in [4.78, 5) is 74.8. The second kappa shape index (κ2) is 31.3. The first kappa shape index (κ1) is 66.6. The highest BCUT2D eigenvalue weighted by Crippen LogP contribution is 2.43. The van der Waals surface area contributed by atoms with E-state index in [9.17, 15) is 29.4 Å². The molecule has 4 aromatic carbocycles. The molecule has 0 unspecified atom stereocenters. The molecule has 2 saturated heterocycles. The lowest BCUT2D eigenvalue weighted by atomic mass is 9.91. The summed E-state index contributed by atoms with van der Waals surface area (Å²) in [5, 5.41) is 33.5. The molecular weight excluding hydrogens is 1200 g/mol. The number of likely N-dealkylation sites (tertiary alicyclic amines) is 1. The number of ether oxygens (including phenoxy) is 6. The topological polar surface area (TPSA) is 266 Å². The van der Waals surface area contributed by atoms with Crippen molar-refractivity contribution in [3.8, 4) is 38.9 Å². The average Bonchev–Trinajstić information content (AvgIpc) is 0.971. The molecule has 0 saturated carbocycles. The fourth-order valence-electron chi connectivity index (χ4n) is 11.1. The van der Waals surface area contributed by atoms with Crippen LogP contribution < -0.4 is 25.0 Å². The minimum absolute atomic E-state index is 0.00927. The monoisotopic (exact) mass is 1280 g/mol. The first-order chi connectivity index (χ1) is 43.4. The number of nitrogens with zero attached hydrogens (tertiary/aromatic N) is 8. The molecule has 0 bridgehead atoms. The highest BCUT2D eigenvalue weighted by molar-refractivity contribution is 7.13. The Morgan fingerprint density at radius 1 is 0.889 bits per heavy atom. The number of likely N-dealkylation sites (N-methyl/N-ethyl adjacent to an activating group) is 1. The van der Waals surface area contributed by atoms with Crippen molar-refractivity contribution in [2.75, 3.05) is 130 Å². The van der Waals surface area contributed by atoms with E-state index in [1.54, 1.807) is 47.7 Å². The van der Waals surface area contributed by atoms with E-state index in [-0.39, 0.29) is 109 Å². The number of β-amino-alcohol motifs (C(OH)–C–C–N with tert-alkyl or cyclic N) is 1. The molecule has 2 fully saturated rings. The standard InChI is InChI=1S/C64H78ClFN10O13S/c1-38(2)56(63(82)76-36-45(79)33-51(76)62(81)69-39(3)46-13-12-43(31-52(46)83-7)60-40(4)68-37-90-60)53-35-54(72-89-53)88-29-28-87-27-26-86-25-24-85-23-22-84-21-20-73(6)55(80)14-15-67-64-70-59-49(61(71-64)75-18-16-74(17-19-75)41(5)77)34-50(65)57(58(59)66)48-32-44(78)30-42-10-8-9-11-47(42)48/h8-13,30-32,34-35,37-39,45,51,56,78-79H,14-29,33,36H2,1-7H3,(H,69,81)(H,67,70,71)/t39-,45+,51-,56+/m0/s1. The number of aliphatic hydroxyl groups is 1. The molecule has 0 radical (unpaired) electrons. The van der Waals surface area contributed by atoms with Crippen LogP contribution in [0, 0.1) is 18.7 Å². The number of rotatable bonds is 30. The number of benzene rings is 4. The number of phenolic OH excluding ortho intramolecular Hbond substituents is 1. The van der Waals surface area contributed by atoms with E-state index in [0.717, 1.165) is 21.7 Å². The third kappa shape index (κ3) is 16.4. The molecule has 482 valence electrons. The zero-order valence-electron chi connectivity index (χ0n) is 51.7. The number of piperazine rings is 1. The number of methoxy groups -OCH3 is 1. The largest absolute Gasteiger partial charge is 0.508 e. The Kier molecular flexibility index (Phi) is 23.2. The summed E-state index contributed by atoms with van der Waals surface area (Å²) in [5.74, 6) is -1.11. The average molecular weight is 1280 g/mol. The number of carbonyl (C=O) groups excluding carboxylic acids is 4. The molecule has 5 heterocycles. The molecule has 3 aromatic heterocycles. The number of aliphatic hydroxyl groups excluding tert-OH is 1. The fourth-order valence-corrected chi connectivity index (χ4v) is 12.2. The van der Waals surface area contributed by atoms with Crippen molar-refractivity contribution in [1.82, 2.24) is 40.1 Å². The normalized spacial score (nSPS) is 15.8. The molecule has 26 heteroatoms. The molecule has 0 spiro atoms. The van der Waals surface area contributed by atoms with Gasteiger partial charge in [0.15, 0.2) is 11.6 Å². The summed E-state index contributed by atoms with van der Waals surface area (Å²) >= 11 is 8.42. The van der Waals surface area contributed by atoms with E-state index in [4.69, 9.17) is 49.5 Å². The van der Waals surface area contributed by atoms with Crippen molar-refractivity contribution in [1.29, 1.82) is 0 Å². The Balaban J connectivity index is 0.641. The van der Waals surface area contributed by atoms with Gasteiger partial charge in [0.1, 0.15) is 41.4 Å². The second-order valence-corrected chi connectivity index (χ2v) is 23.7. The SMILES string of the molecule is COc1cc(-c2scnc2C)ccc1[C@H](C)NC(=O)[C@@H]1C[C@@H](O)CN1C(=O)[C@@H](c1cc(OCCOCCOCCOCCOCCN(C)C(=O)CCNc2nc(N3CCN(C(C)=O)CC3)c3cc(Cl)c(-c4cc(O)cc5ccccc45)c(F)c3n2)no1)C(C)C. The number of amides is 4. The van der Waals surface area contributed by atoms with Crippen molar-refractivity contribution in [2.24, 2.45) is 5.92 Å². The van der Waals surface area contributed by atoms with Gasteiger partial charge in [-0.2, -0.15) is 4.98 Å². The molecule has 23 nitrogen and oxygen atoms in total. The van der Waals surface area contributed by atoms with Gasteiger partial charge in [0.05, 0.1) is 93.2 Å². The fraction of sp³-hybridized carbons (Fsp3) is 0.469. The summed E-state index contributed by atoms with van der Waals surface area (Å²) < 4.78 is 56.7. The summed E-state index contributed by atoms with van der Waals surface area (Å²) in [7, 11) is 3.26. The molecule has 2 aliphatic rings. The summed E-state index contributed by atoms with van der Waals surface area (Å²) in [5.41, 5.74) is 4.93. The van der Waals surface area contributed by atoms with Crippen molar-refractivity contribution < 1.29 is 66.7 Å². The van der Waals surface area contributed by atoms with Gasteiger partial charge in [-0.05, 0) is 71.1 Å². The van der Waals surface area contributed by atoms with Crippen LogP contribution in [0.1, 0.15) is 69.5 Å². The number of phenols is 1. The van der Waals surface area contributed by atoms with Gasteiger partial charge >= 0.3 is 0 Å². The van der Waals surface area contributed by atoms with Crippen LogP contribution in [-0.2, 0) is 38.1 Å². The molecular formula is C64H78ClFN10O13S. The number of hydrogen-bond acceptors (Lipinski definition) is 20. The zero-order chi connectivity index (χ0) is 64.0. The molecule has 90 heavy (non-hydrogen) atoms. The van der Waals surface area contributed by atoms with Crippen LogP contribution in [0.15, 0.2) is 76.8 Å². The third-order valence-corrected chi connectivity index (χ3v) is 17.2. The Bertz CT molecular complexity index is 3620. The molecule has 9 rings (SSSR count). The van der Waals surface area contributed by atoms with Crippen molar-refractivity contribution in [3.63, 3.8) is 0 Å². The summed E-state index contributed by atoms with van der Waals surface area (Å²) in [6.45, 7) is 14.0. The molecule has 4 N–H and O–H groups in total. The van der Waals surface area contributed by atoms with Gasteiger partial charge in [-0.3, -0.25) is 19.2 Å². The predicted octanol–water partition coefficient (Wildman–Crippen LogP) is 8.03. The maximum Gasteiger partial charge on any atom is 0.254 e. The first-order valence-electron chi connectivity index (χ1n) is 30.1. The zero-order valence-corrected chi connectivity index (χ0v) is 53.2. The smallest absolute Gasteiger partial charge is 0.254 e. The number of aryl methyl sites for hydroxylation is 1. The van der Waals surface area contributed by atoms with E-state index in [1.807, 2.05) is 75.1 Å². The van der Waals surface area contributed by atoms with Gasteiger partial charge in [-0.1, -0.05) is 61.8 Å². The van der Waals surface area contributed by atoms with Crippen LogP contribution in [0.5, 0.6) is 17.4 Å². The van der Waals surface area contributed by atoms with Crippen molar-refractivity contribution >= 4 is 80.0 Å². The van der Waals surface area contributed by atoms with Gasteiger partial charge in [0, 0.05) is 95.2 Å². The van der Waals surface area contributed by atoms with Gasteiger partial charge in [0.25, 0.3) is 5.88 Å². The summed E-state index contributed by atoms with van der Waals surface area (Å²) in [6.07, 6.45) is -0.712. The number of halogens is 2. The van der Waals surface area contributed by atoms with E-state index in [1.165, 1.54) is 29.2 Å². The lowest BCUT2D eigenvalue weighted by molar-refractivity contribution is -0.141. The number of nitrogens with one attached hydrogen (secondary N) is 2. The Morgan fingerprint density at radius 2 is 1.59 bits per heavy atom. The number of fused-ring (bicyclic) bond motifs is 2. The lowest BCUT2D eigenvalue weighted by Crippen LogP contribution is -2.48. The van der Waals surface area contributed by atoms with E-state index >= 15 is 4.39 Å². The third-order valence-electron chi connectivity index (χ3n) is 15.9. The van der Waals surface area contributed by atoms with E-state index in [2.05, 4.69) is 25.8 Å².